The number of aliphatic imine (C=N–C) groups is 1. The molecule has 1 fully saturated rings. The lowest BCUT2D eigenvalue weighted by Crippen LogP contribution is -2.36. The third kappa shape index (κ3) is 6.06. The van der Waals surface area contributed by atoms with Crippen LogP contribution in [0.25, 0.3) is 10.9 Å². The molecule has 37 heavy (non-hydrogen) atoms. The minimum atomic E-state index is -0.000827. The number of benzene rings is 2. The molecule has 0 radical (unpaired) electrons. The number of fused-ring (bicyclic) bond motifs is 1. The molecule has 2 aromatic heterocycles. The van der Waals surface area contributed by atoms with Gasteiger partial charge in [-0.05, 0) is 30.2 Å². The average Bonchev–Trinajstić information content (AvgIpc) is 3.28. The molecule has 1 saturated heterocycles. The topological polar surface area (TPSA) is 69.0 Å². The lowest BCUT2D eigenvalue weighted by molar-refractivity contribution is 0.0941. The number of morpholine rings is 1. The number of hydrogen-bond acceptors (Lipinski definition) is 6. The van der Waals surface area contributed by atoms with Gasteiger partial charge in [-0.2, -0.15) is 0 Å². The van der Waals surface area contributed by atoms with Gasteiger partial charge >= 0.3 is 0 Å². The predicted molar refractivity (Wildman–Crippen MR) is 147 cm³/mol. The first-order valence-electron chi connectivity index (χ1n) is 12.7. The fraction of sp³-hybridized carbons (Fsp3) is 0.300. The zero-order chi connectivity index (χ0) is 25.6. The molecule has 2 aromatic carbocycles. The summed E-state index contributed by atoms with van der Waals surface area (Å²) in [6, 6.07) is 20.3. The van der Waals surface area contributed by atoms with Crippen molar-refractivity contribution in [2.24, 2.45) is 4.99 Å². The Morgan fingerprint density at radius 3 is 2.76 bits per heavy atom. The highest BCUT2D eigenvalue weighted by Gasteiger charge is 2.15. The second-order valence-electron chi connectivity index (χ2n) is 9.30. The summed E-state index contributed by atoms with van der Waals surface area (Å²) in [5.41, 5.74) is 6.21. The molecule has 7 nitrogen and oxygen atoms in total. The molecule has 190 valence electrons. The number of para-hydroxylation sites is 1. The summed E-state index contributed by atoms with van der Waals surface area (Å²) in [5, 5.41) is 1.07. The van der Waals surface area contributed by atoms with Crippen molar-refractivity contribution in [2.75, 3.05) is 37.8 Å². The van der Waals surface area contributed by atoms with E-state index in [4.69, 9.17) is 14.5 Å². The molecule has 0 saturated carbocycles. The monoisotopic (exact) mass is 496 g/mol. The van der Waals surface area contributed by atoms with Gasteiger partial charge in [0.2, 0.25) is 11.8 Å². The van der Waals surface area contributed by atoms with Crippen LogP contribution in [-0.2, 0) is 17.7 Å². The lowest BCUT2D eigenvalue weighted by atomic mass is 10.1. The van der Waals surface area contributed by atoms with E-state index in [1.165, 1.54) is 5.56 Å². The van der Waals surface area contributed by atoms with Gasteiger partial charge in [0.15, 0.2) is 0 Å². The van der Waals surface area contributed by atoms with Gasteiger partial charge in [0, 0.05) is 56.0 Å². The molecule has 5 rings (SSSR count). The van der Waals surface area contributed by atoms with Gasteiger partial charge in [-0.15, -0.1) is 0 Å². The molecule has 0 spiro atoms. The van der Waals surface area contributed by atoms with Crippen LogP contribution < -0.4 is 9.64 Å². The number of ether oxygens (including phenoxy) is 2. The highest BCUT2D eigenvalue weighted by atomic mass is 16.5. The number of aromatic nitrogens is 2. The molecule has 0 aliphatic carbocycles. The SMILES string of the molecule is CC(=O)n1cc(CCOc2cc(N3CCOCC3)cc(CN=Cc3cccc(C)c3)n2)c2ccccc21. The summed E-state index contributed by atoms with van der Waals surface area (Å²) in [6.45, 7) is 7.66. The number of carbonyl (C=O) groups is 1. The molecule has 7 heteroatoms. The van der Waals surface area contributed by atoms with Crippen LogP contribution in [0.3, 0.4) is 0 Å². The van der Waals surface area contributed by atoms with E-state index < -0.39 is 0 Å². The van der Waals surface area contributed by atoms with E-state index in [0.29, 0.717) is 38.7 Å². The van der Waals surface area contributed by atoms with E-state index >= 15 is 0 Å². The molecule has 0 unspecified atom stereocenters. The second-order valence-corrected chi connectivity index (χ2v) is 9.30. The third-order valence-electron chi connectivity index (χ3n) is 6.51. The van der Waals surface area contributed by atoms with Crippen molar-refractivity contribution in [1.82, 2.24) is 9.55 Å². The van der Waals surface area contributed by atoms with Crippen LogP contribution in [0.4, 0.5) is 5.69 Å². The maximum absolute atomic E-state index is 12.1. The van der Waals surface area contributed by atoms with Crippen molar-refractivity contribution in [1.29, 1.82) is 0 Å². The zero-order valence-corrected chi connectivity index (χ0v) is 21.4. The van der Waals surface area contributed by atoms with Gasteiger partial charge in [0.1, 0.15) is 0 Å². The van der Waals surface area contributed by atoms with Crippen LogP contribution in [0.15, 0.2) is 71.9 Å². The molecule has 1 aliphatic rings. The van der Waals surface area contributed by atoms with Gasteiger partial charge in [0.25, 0.3) is 0 Å². The van der Waals surface area contributed by atoms with E-state index in [2.05, 4.69) is 35.0 Å². The molecule has 0 N–H and O–H groups in total. The quantitative estimate of drug-likeness (QED) is 0.318. The Morgan fingerprint density at radius 1 is 1.11 bits per heavy atom. The summed E-state index contributed by atoms with van der Waals surface area (Å²) in [7, 11) is 0. The average molecular weight is 497 g/mol. The minimum Gasteiger partial charge on any atom is -0.477 e. The van der Waals surface area contributed by atoms with Gasteiger partial charge in [0.05, 0.1) is 37.6 Å². The van der Waals surface area contributed by atoms with Gasteiger partial charge in [-0.3, -0.25) is 14.4 Å². The molecule has 3 heterocycles. The van der Waals surface area contributed by atoms with Gasteiger partial charge in [-0.1, -0.05) is 48.0 Å². The smallest absolute Gasteiger partial charge is 0.227 e. The standard InChI is InChI=1S/C30H32N4O3/c1-22-6-5-7-24(16-22)19-31-20-26-17-27(33-11-14-36-15-12-33)18-30(32-26)37-13-10-25-21-34(23(2)35)29-9-4-3-8-28(25)29/h3-9,16-19,21H,10-15,20H2,1-2H3. The summed E-state index contributed by atoms with van der Waals surface area (Å²) in [5.74, 6) is 0.583. The number of aryl methyl sites for hydroxylation is 1. The normalized spacial score (nSPS) is 13.9. The Morgan fingerprint density at radius 2 is 1.95 bits per heavy atom. The number of rotatable bonds is 8. The first-order chi connectivity index (χ1) is 18.1. The van der Waals surface area contributed by atoms with Crippen LogP contribution in [-0.4, -0.2) is 54.6 Å². The number of nitrogens with zero attached hydrogens (tertiary/aromatic N) is 4. The van der Waals surface area contributed by atoms with Gasteiger partial charge in [-0.25, -0.2) is 4.98 Å². The maximum Gasteiger partial charge on any atom is 0.227 e. The molecule has 4 aromatic rings. The highest BCUT2D eigenvalue weighted by Crippen LogP contribution is 2.25. The summed E-state index contributed by atoms with van der Waals surface area (Å²) in [4.78, 5) is 23.8. The van der Waals surface area contributed by atoms with Crippen molar-refractivity contribution in [3.05, 3.63) is 89.2 Å². The fourth-order valence-electron chi connectivity index (χ4n) is 4.67. The Balaban J connectivity index is 1.33. The molecular weight excluding hydrogens is 464 g/mol. The largest absolute Gasteiger partial charge is 0.477 e. The van der Waals surface area contributed by atoms with Crippen LogP contribution in [0.5, 0.6) is 5.88 Å². The summed E-state index contributed by atoms with van der Waals surface area (Å²) >= 11 is 0. The Bertz CT molecular complexity index is 1420. The van der Waals surface area contributed by atoms with E-state index in [9.17, 15) is 4.79 Å². The molecule has 1 aliphatic heterocycles. The van der Waals surface area contributed by atoms with Crippen molar-refractivity contribution < 1.29 is 14.3 Å². The van der Waals surface area contributed by atoms with Crippen LogP contribution >= 0.6 is 0 Å². The fourth-order valence-corrected chi connectivity index (χ4v) is 4.67. The van der Waals surface area contributed by atoms with Crippen molar-refractivity contribution >= 4 is 28.7 Å². The summed E-state index contributed by atoms with van der Waals surface area (Å²) < 4.78 is 13.4. The van der Waals surface area contributed by atoms with Crippen molar-refractivity contribution in [3.8, 4) is 5.88 Å². The zero-order valence-electron chi connectivity index (χ0n) is 21.4. The number of hydrogen-bond donors (Lipinski definition) is 0. The van der Waals surface area contributed by atoms with E-state index in [1.54, 1.807) is 11.5 Å². The maximum atomic E-state index is 12.1. The number of anilines is 1. The van der Waals surface area contributed by atoms with Gasteiger partial charge < -0.3 is 14.4 Å². The van der Waals surface area contributed by atoms with E-state index in [1.807, 2.05) is 54.9 Å². The van der Waals surface area contributed by atoms with Crippen molar-refractivity contribution in [3.63, 3.8) is 0 Å². The minimum absolute atomic E-state index is 0.000827. The number of pyridine rings is 1. The van der Waals surface area contributed by atoms with Crippen LogP contribution in [0.2, 0.25) is 0 Å². The first kappa shape index (κ1) is 24.7. The lowest BCUT2D eigenvalue weighted by Gasteiger charge is -2.29. The summed E-state index contributed by atoms with van der Waals surface area (Å²) in [6.07, 6.45) is 4.48. The Hall–Kier alpha value is -3.97. The molecular formula is C30H32N4O3. The second kappa shape index (κ2) is 11.4. The number of carbonyl (C=O) groups excluding carboxylic acids is 1. The third-order valence-corrected chi connectivity index (χ3v) is 6.51. The Kier molecular flexibility index (Phi) is 7.61. The van der Waals surface area contributed by atoms with E-state index in [0.717, 1.165) is 46.5 Å². The van der Waals surface area contributed by atoms with E-state index in [-0.39, 0.29) is 5.91 Å². The first-order valence-corrected chi connectivity index (χ1v) is 12.7. The molecule has 0 bridgehead atoms. The molecule has 0 atom stereocenters. The van der Waals surface area contributed by atoms with Crippen LogP contribution in [0.1, 0.15) is 34.1 Å². The molecule has 0 amide bonds. The highest BCUT2D eigenvalue weighted by molar-refractivity contribution is 5.93. The Labute approximate surface area is 217 Å². The predicted octanol–water partition coefficient (Wildman–Crippen LogP) is 5.08. The van der Waals surface area contributed by atoms with Crippen LogP contribution in [0, 0.1) is 6.92 Å². The van der Waals surface area contributed by atoms with Crippen molar-refractivity contribution in [2.45, 2.75) is 26.8 Å².